The second kappa shape index (κ2) is 11.5. The van der Waals surface area contributed by atoms with Crippen LogP contribution in [0.4, 0.5) is 5.82 Å². The van der Waals surface area contributed by atoms with Crippen molar-refractivity contribution in [2.45, 2.75) is 20.3 Å². The first kappa shape index (κ1) is 21.9. The fourth-order valence-electron chi connectivity index (χ4n) is 3.19. The van der Waals surface area contributed by atoms with Gasteiger partial charge in [0.25, 0.3) is 0 Å². The number of anilines is 1. The molecular weight excluding hydrogens is 469 g/mol. The van der Waals surface area contributed by atoms with E-state index in [0.29, 0.717) is 5.92 Å². The topological polar surface area (TPSA) is 43.8 Å². The third-order valence-corrected chi connectivity index (χ3v) is 5.47. The van der Waals surface area contributed by atoms with Crippen LogP contribution in [0.5, 0.6) is 0 Å². The van der Waals surface area contributed by atoms with Crippen LogP contribution >= 0.6 is 35.3 Å². The summed E-state index contributed by atoms with van der Waals surface area (Å²) in [6.45, 7) is 10.1. The lowest BCUT2D eigenvalue weighted by atomic mass is 10.1. The minimum Gasteiger partial charge on any atom is -0.357 e. The fraction of sp³-hybridized carbons (Fsp3) is 0.500. The van der Waals surface area contributed by atoms with Gasteiger partial charge in [-0.2, -0.15) is 0 Å². The van der Waals surface area contributed by atoms with Crippen LogP contribution < -0.4 is 10.2 Å². The van der Waals surface area contributed by atoms with Crippen LogP contribution in [0, 0.1) is 5.92 Å². The van der Waals surface area contributed by atoms with Crippen molar-refractivity contribution in [2.24, 2.45) is 10.9 Å². The summed E-state index contributed by atoms with van der Waals surface area (Å²) in [5, 5.41) is 5.61. The van der Waals surface area contributed by atoms with Gasteiger partial charge in [0.2, 0.25) is 0 Å². The molecule has 1 atom stereocenters. The molecule has 0 spiro atoms. The minimum absolute atomic E-state index is 0. The maximum Gasteiger partial charge on any atom is 0.194 e. The highest BCUT2D eigenvalue weighted by atomic mass is 127. The molecule has 0 aliphatic carbocycles. The molecule has 2 aromatic heterocycles. The molecule has 27 heavy (non-hydrogen) atoms. The smallest absolute Gasteiger partial charge is 0.194 e. The van der Waals surface area contributed by atoms with Gasteiger partial charge in [-0.3, -0.25) is 4.99 Å². The summed E-state index contributed by atoms with van der Waals surface area (Å²) in [4.78, 5) is 15.6. The second-order valence-corrected chi connectivity index (χ2v) is 7.78. The van der Waals surface area contributed by atoms with Crippen molar-refractivity contribution in [3.8, 4) is 0 Å². The summed E-state index contributed by atoms with van der Waals surface area (Å²) in [6.07, 6.45) is 2.97. The number of hydrogen-bond donors (Lipinski definition) is 1. The SMILES string of the molecule is CCNC(=NCC(C)Cc1cccs1)N1CCN(c2ccccn2)CC1.I. The van der Waals surface area contributed by atoms with Gasteiger partial charge in [0.15, 0.2) is 5.96 Å². The first-order valence-corrected chi connectivity index (χ1v) is 10.4. The van der Waals surface area contributed by atoms with Gasteiger partial charge in [0.05, 0.1) is 0 Å². The van der Waals surface area contributed by atoms with E-state index >= 15 is 0 Å². The molecule has 1 saturated heterocycles. The Balaban J connectivity index is 0.00000261. The van der Waals surface area contributed by atoms with Gasteiger partial charge in [-0.1, -0.05) is 19.1 Å². The van der Waals surface area contributed by atoms with E-state index < -0.39 is 0 Å². The average Bonchev–Trinajstić information content (AvgIpc) is 3.19. The predicted molar refractivity (Wildman–Crippen MR) is 127 cm³/mol. The lowest BCUT2D eigenvalue weighted by molar-refractivity contribution is 0.370. The van der Waals surface area contributed by atoms with Gasteiger partial charge in [0.1, 0.15) is 5.82 Å². The van der Waals surface area contributed by atoms with Crippen molar-refractivity contribution in [3.05, 3.63) is 46.8 Å². The lowest BCUT2D eigenvalue weighted by Crippen LogP contribution is -2.52. The van der Waals surface area contributed by atoms with Crippen molar-refractivity contribution in [2.75, 3.05) is 44.2 Å². The zero-order chi connectivity index (χ0) is 18.2. The Labute approximate surface area is 183 Å². The maximum absolute atomic E-state index is 4.92. The highest BCUT2D eigenvalue weighted by Crippen LogP contribution is 2.15. The van der Waals surface area contributed by atoms with E-state index in [1.807, 2.05) is 23.6 Å². The van der Waals surface area contributed by atoms with E-state index in [1.54, 1.807) is 0 Å². The first-order chi connectivity index (χ1) is 12.8. The largest absolute Gasteiger partial charge is 0.357 e. The molecule has 0 radical (unpaired) electrons. The molecule has 3 heterocycles. The number of thiophene rings is 1. The zero-order valence-electron chi connectivity index (χ0n) is 16.2. The molecule has 1 aliphatic rings. The zero-order valence-corrected chi connectivity index (χ0v) is 19.3. The van der Waals surface area contributed by atoms with E-state index in [-0.39, 0.29) is 24.0 Å². The molecule has 1 fully saturated rings. The number of nitrogens with one attached hydrogen (secondary N) is 1. The van der Waals surface area contributed by atoms with Crippen LogP contribution in [0.3, 0.4) is 0 Å². The monoisotopic (exact) mass is 499 g/mol. The number of rotatable bonds is 6. The third-order valence-electron chi connectivity index (χ3n) is 4.57. The molecule has 2 aromatic rings. The third kappa shape index (κ3) is 6.64. The first-order valence-electron chi connectivity index (χ1n) is 9.48. The van der Waals surface area contributed by atoms with E-state index in [2.05, 4.69) is 63.6 Å². The van der Waals surface area contributed by atoms with Crippen LogP contribution in [0.15, 0.2) is 46.9 Å². The Bertz CT molecular complexity index is 669. The van der Waals surface area contributed by atoms with E-state index in [4.69, 9.17) is 4.99 Å². The summed E-state index contributed by atoms with van der Waals surface area (Å²) in [7, 11) is 0. The van der Waals surface area contributed by atoms with Gasteiger partial charge in [-0.25, -0.2) is 4.98 Å². The summed E-state index contributed by atoms with van der Waals surface area (Å²) < 4.78 is 0. The number of hydrogen-bond acceptors (Lipinski definition) is 4. The summed E-state index contributed by atoms with van der Waals surface area (Å²) in [5.74, 6) is 2.67. The highest BCUT2D eigenvalue weighted by Gasteiger charge is 2.20. The van der Waals surface area contributed by atoms with Crippen molar-refractivity contribution >= 4 is 47.1 Å². The van der Waals surface area contributed by atoms with E-state index in [1.165, 1.54) is 4.88 Å². The van der Waals surface area contributed by atoms with Crippen LogP contribution in [-0.4, -0.2) is 55.1 Å². The molecule has 0 bridgehead atoms. The number of nitrogens with zero attached hydrogens (tertiary/aromatic N) is 4. The Hall–Kier alpha value is -1.35. The molecule has 5 nitrogen and oxygen atoms in total. The minimum atomic E-state index is 0. The molecule has 1 N–H and O–H groups in total. The Morgan fingerprint density at radius 1 is 1.22 bits per heavy atom. The normalized spacial score (nSPS) is 16.0. The number of piperazine rings is 1. The Morgan fingerprint density at radius 2 is 2.04 bits per heavy atom. The predicted octanol–water partition coefficient (Wildman–Crippen LogP) is 3.73. The maximum atomic E-state index is 4.92. The molecule has 3 rings (SSSR count). The molecule has 7 heteroatoms. The van der Waals surface area contributed by atoms with Crippen molar-refractivity contribution in [1.82, 2.24) is 15.2 Å². The van der Waals surface area contributed by atoms with E-state index in [9.17, 15) is 0 Å². The molecule has 1 aliphatic heterocycles. The Morgan fingerprint density at radius 3 is 2.67 bits per heavy atom. The van der Waals surface area contributed by atoms with Gasteiger partial charge >= 0.3 is 0 Å². The van der Waals surface area contributed by atoms with Crippen LogP contribution in [0.25, 0.3) is 0 Å². The molecule has 0 saturated carbocycles. The number of halogens is 1. The fourth-order valence-corrected chi connectivity index (χ4v) is 4.06. The van der Waals surface area contributed by atoms with Crippen molar-refractivity contribution < 1.29 is 0 Å². The van der Waals surface area contributed by atoms with E-state index in [0.717, 1.165) is 57.5 Å². The van der Waals surface area contributed by atoms with Gasteiger partial charge < -0.3 is 15.1 Å². The van der Waals surface area contributed by atoms with Gasteiger partial charge in [-0.05, 0) is 42.8 Å². The summed E-state index contributed by atoms with van der Waals surface area (Å²) in [6, 6.07) is 10.4. The van der Waals surface area contributed by atoms with Crippen LogP contribution in [0.1, 0.15) is 18.7 Å². The summed E-state index contributed by atoms with van der Waals surface area (Å²) in [5.41, 5.74) is 0. The molecule has 1 unspecified atom stereocenters. The van der Waals surface area contributed by atoms with Crippen LogP contribution in [-0.2, 0) is 6.42 Å². The summed E-state index contributed by atoms with van der Waals surface area (Å²) >= 11 is 1.84. The average molecular weight is 499 g/mol. The number of aromatic nitrogens is 1. The number of pyridine rings is 1. The number of guanidine groups is 1. The van der Waals surface area contributed by atoms with Gasteiger partial charge in [0, 0.05) is 50.3 Å². The lowest BCUT2D eigenvalue weighted by Gasteiger charge is -2.37. The highest BCUT2D eigenvalue weighted by molar-refractivity contribution is 14.0. The molecular formula is C20H30IN5S. The van der Waals surface area contributed by atoms with Gasteiger partial charge in [-0.15, -0.1) is 35.3 Å². The number of aliphatic imine (C=N–C) groups is 1. The Kier molecular flexibility index (Phi) is 9.33. The quantitative estimate of drug-likeness (QED) is 0.374. The molecule has 0 aromatic carbocycles. The molecule has 148 valence electrons. The van der Waals surface area contributed by atoms with Crippen LogP contribution in [0.2, 0.25) is 0 Å². The molecule has 0 amide bonds. The second-order valence-electron chi connectivity index (χ2n) is 6.75. The van der Waals surface area contributed by atoms with Crippen molar-refractivity contribution in [1.29, 1.82) is 0 Å². The standard InChI is InChI=1S/C20H29N5S.HI/c1-3-21-20(23-16-17(2)15-18-7-6-14-26-18)25-12-10-24(11-13-25)19-8-4-5-9-22-19;/h4-9,14,17H,3,10-13,15-16H2,1-2H3,(H,21,23);1H. The van der Waals surface area contributed by atoms with Crippen molar-refractivity contribution in [3.63, 3.8) is 0 Å².